The third kappa shape index (κ3) is 2.98. The van der Waals surface area contributed by atoms with E-state index in [1.165, 1.54) is 22.7 Å². The van der Waals surface area contributed by atoms with Crippen LogP contribution in [0.4, 0.5) is 5.69 Å². The predicted octanol–water partition coefficient (Wildman–Crippen LogP) is 4.10. The number of carboxylic acids is 1. The van der Waals surface area contributed by atoms with Gasteiger partial charge in [-0.05, 0) is 36.3 Å². The van der Waals surface area contributed by atoms with E-state index in [0.29, 0.717) is 14.8 Å². The fourth-order valence-electron chi connectivity index (χ4n) is 2.45. The van der Waals surface area contributed by atoms with Crippen molar-refractivity contribution in [1.29, 1.82) is 0 Å². The highest BCUT2D eigenvalue weighted by molar-refractivity contribution is 8.27. The van der Waals surface area contributed by atoms with E-state index >= 15 is 0 Å². The first-order chi connectivity index (χ1) is 11.5. The maximum Gasteiger partial charge on any atom is 0.336 e. The lowest BCUT2D eigenvalue weighted by molar-refractivity contribution is -0.113. The Morgan fingerprint density at radius 3 is 2.54 bits per heavy atom. The second kappa shape index (κ2) is 6.59. The molecule has 2 aromatic carbocycles. The molecule has 3 rings (SSSR count). The molecular weight excluding hydrogens is 342 g/mol. The number of hydrogen-bond acceptors (Lipinski definition) is 4. The minimum atomic E-state index is -1.03. The summed E-state index contributed by atoms with van der Waals surface area (Å²) in [5.41, 5.74) is 2.32. The fraction of sp³-hybridized carbons (Fsp3) is 0.0556. The van der Waals surface area contributed by atoms with Gasteiger partial charge in [0.25, 0.3) is 5.91 Å². The molecule has 0 atom stereocenters. The van der Waals surface area contributed by atoms with Gasteiger partial charge in [0.05, 0.1) is 16.2 Å². The number of carboxylic acid groups (broad SMARTS) is 1. The van der Waals surface area contributed by atoms with Crippen LogP contribution in [0.5, 0.6) is 0 Å². The lowest BCUT2D eigenvalue weighted by Crippen LogP contribution is -2.28. The predicted molar refractivity (Wildman–Crippen MR) is 100 cm³/mol. The summed E-state index contributed by atoms with van der Waals surface area (Å²) in [5.74, 6) is -1.27. The van der Waals surface area contributed by atoms with Gasteiger partial charge in [0.15, 0.2) is 4.32 Å². The summed E-state index contributed by atoms with van der Waals surface area (Å²) >= 11 is 6.52. The normalized spacial score (nSPS) is 16.0. The van der Waals surface area contributed by atoms with Crippen LogP contribution in [0.15, 0.2) is 53.4 Å². The highest BCUT2D eigenvalue weighted by Crippen LogP contribution is 2.37. The van der Waals surface area contributed by atoms with Crippen molar-refractivity contribution in [2.75, 3.05) is 4.90 Å². The Morgan fingerprint density at radius 1 is 1.17 bits per heavy atom. The average Bonchev–Trinajstić information content (AvgIpc) is 2.82. The second-order valence-electron chi connectivity index (χ2n) is 5.20. The summed E-state index contributed by atoms with van der Waals surface area (Å²) in [6, 6.07) is 14.1. The average molecular weight is 355 g/mol. The van der Waals surface area contributed by atoms with Crippen LogP contribution in [-0.2, 0) is 4.79 Å². The molecule has 0 bridgehead atoms. The zero-order valence-corrected chi connectivity index (χ0v) is 14.4. The molecule has 0 saturated carbocycles. The largest absolute Gasteiger partial charge is 0.478 e. The van der Waals surface area contributed by atoms with Crippen LogP contribution in [0.1, 0.15) is 21.5 Å². The Kier molecular flexibility index (Phi) is 4.51. The lowest BCUT2D eigenvalue weighted by atomic mass is 10.1. The van der Waals surface area contributed by atoms with Gasteiger partial charge >= 0.3 is 5.97 Å². The number of carbonyl (C=O) groups is 2. The molecule has 120 valence electrons. The number of nitrogens with zero attached hydrogens (tertiary/aromatic N) is 1. The highest BCUT2D eigenvalue weighted by Gasteiger charge is 2.34. The maximum absolute atomic E-state index is 12.8. The Morgan fingerprint density at radius 2 is 1.83 bits per heavy atom. The van der Waals surface area contributed by atoms with Crippen LogP contribution < -0.4 is 4.90 Å². The zero-order chi connectivity index (χ0) is 17.3. The smallest absolute Gasteiger partial charge is 0.336 e. The van der Waals surface area contributed by atoms with Gasteiger partial charge in [-0.3, -0.25) is 9.69 Å². The SMILES string of the molecule is Cc1ccccc1N1C(=O)/C(=C/c2ccccc2C(=O)O)SC1=S. The van der Waals surface area contributed by atoms with Gasteiger partial charge in [-0.2, -0.15) is 0 Å². The molecule has 1 heterocycles. The molecule has 24 heavy (non-hydrogen) atoms. The zero-order valence-electron chi connectivity index (χ0n) is 12.7. The van der Waals surface area contributed by atoms with E-state index in [2.05, 4.69) is 0 Å². The Labute approximate surface area is 148 Å². The summed E-state index contributed by atoms with van der Waals surface area (Å²) in [4.78, 5) is 26.0. The van der Waals surface area contributed by atoms with Crippen molar-refractivity contribution >= 4 is 51.9 Å². The van der Waals surface area contributed by atoms with Crippen LogP contribution in [0.2, 0.25) is 0 Å². The summed E-state index contributed by atoms with van der Waals surface area (Å²) in [7, 11) is 0. The Balaban J connectivity index is 2.01. The lowest BCUT2D eigenvalue weighted by Gasteiger charge is -2.16. The van der Waals surface area contributed by atoms with Gasteiger partial charge in [-0.25, -0.2) is 4.79 Å². The van der Waals surface area contributed by atoms with Crippen molar-refractivity contribution in [2.24, 2.45) is 0 Å². The van der Waals surface area contributed by atoms with Crippen molar-refractivity contribution in [3.63, 3.8) is 0 Å². The third-order valence-electron chi connectivity index (χ3n) is 3.63. The molecule has 1 amide bonds. The molecule has 2 aromatic rings. The number of anilines is 1. The first-order valence-corrected chi connectivity index (χ1v) is 8.37. The monoisotopic (exact) mass is 355 g/mol. The summed E-state index contributed by atoms with van der Waals surface area (Å²) in [6.07, 6.45) is 1.58. The van der Waals surface area contributed by atoms with E-state index in [9.17, 15) is 14.7 Å². The maximum atomic E-state index is 12.8. The van der Waals surface area contributed by atoms with E-state index in [4.69, 9.17) is 12.2 Å². The van der Waals surface area contributed by atoms with E-state index in [0.717, 1.165) is 11.3 Å². The summed E-state index contributed by atoms with van der Waals surface area (Å²) in [5, 5.41) is 9.27. The van der Waals surface area contributed by atoms with Gasteiger partial charge in [-0.15, -0.1) is 0 Å². The van der Waals surface area contributed by atoms with Gasteiger partial charge in [-0.1, -0.05) is 60.4 Å². The Hall–Kier alpha value is -2.44. The molecule has 0 aromatic heterocycles. The number of benzene rings is 2. The van der Waals surface area contributed by atoms with Gasteiger partial charge in [0.1, 0.15) is 0 Å². The molecule has 1 fully saturated rings. The van der Waals surface area contributed by atoms with Crippen LogP contribution >= 0.6 is 24.0 Å². The molecule has 4 nitrogen and oxygen atoms in total. The van der Waals surface area contributed by atoms with Crippen molar-refractivity contribution < 1.29 is 14.7 Å². The van der Waals surface area contributed by atoms with Crippen LogP contribution in [0.3, 0.4) is 0 Å². The van der Waals surface area contributed by atoms with Crippen molar-refractivity contribution in [1.82, 2.24) is 0 Å². The minimum absolute atomic E-state index is 0.152. The first-order valence-electron chi connectivity index (χ1n) is 7.15. The number of aromatic carboxylic acids is 1. The number of para-hydroxylation sites is 1. The summed E-state index contributed by atoms with van der Waals surface area (Å²) in [6.45, 7) is 1.91. The molecule has 1 saturated heterocycles. The van der Waals surface area contributed by atoms with Crippen molar-refractivity contribution in [3.05, 3.63) is 70.1 Å². The first kappa shape index (κ1) is 16.4. The van der Waals surface area contributed by atoms with E-state index in [1.54, 1.807) is 24.3 Å². The quantitative estimate of drug-likeness (QED) is 0.663. The topological polar surface area (TPSA) is 57.6 Å². The van der Waals surface area contributed by atoms with E-state index < -0.39 is 5.97 Å². The van der Waals surface area contributed by atoms with Gasteiger partial charge < -0.3 is 5.11 Å². The molecule has 0 aliphatic carbocycles. The van der Waals surface area contributed by atoms with Gasteiger partial charge in [0, 0.05) is 0 Å². The summed E-state index contributed by atoms with van der Waals surface area (Å²) < 4.78 is 0.438. The van der Waals surface area contributed by atoms with E-state index in [1.807, 2.05) is 31.2 Å². The minimum Gasteiger partial charge on any atom is -0.478 e. The van der Waals surface area contributed by atoms with Crippen LogP contribution in [0.25, 0.3) is 6.08 Å². The number of thiocarbonyl (C=S) groups is 1. The fourth-order valence-corrected chi connectivity index (χ4v) is 3.72. The number of hydrogen-bond donors (Lipinski definition) is 1. The van der Waals surface area contributed by atoms with Gasteiger partial charge in [0.2, 0.25) is 0 Å². The Bertz CT molecular complexity index is 889. The molecular formula is C18H13NO3S2. The number of thioether (sulfide) groups is 1. The number of amides is 1. The molecule has 6 heteroatoms. The molecule has 0 unspecified atom stereocenters. The number of carbonyl (C=O) groups excluding carboxylic acids is 1. The number of rotatable bonds is 3. The van der Waals surface area contributed by atoms with Crippen molar-refractivity contribution in [3.8, 4) is 0 Å². The molecule has 0 radical (unpaired) electrons. The number of aryl methyl sites for hydroxylation is 1. The third-order valence-corrected chi connectivity index (χ3v) is 4.93. The molecule has 1 N–H and O–H groups in total. The standard InChI is InChI=1S/C18H13NO3S2/c1-11-6-2-5-9-14(11)19-16(20)15(24-18(19)23)10-12-7-3-4-8-13(12)17(21)22/h2-10H,1H3,(H,21,22)/b15-10-. The van der Waals surface area contributed by atoms with Crippen LogP contribution in [0, 0.1) is 6.92 Å². The van der Waals surface area contributed by atoms with E-state index in [-0.39, 0.29) is 11.5 Å². The molecule has 1 aliphatic heterocycles. The molecule has 1 aliphatic rings. The molecule has 0 spiro atoms. The highest BCUT2D eigenvalue weighted by atomic mass is 32.2. The van der Waals surface area contributed by atoms with Crippen molar-refractivity contribution in [2.45, 2.75) is 6.92 Å². The van der Waals surface area contributed by atoms with Crippen LogP contribution in [-0.4, -0.2) is 21.3 Å². The second-order valence-corrected chi connectivity index (χ2v) is 6.87.